The Hall–Kier alpha value is -0.680. The number of hydrogen-bond acceptors (Lipinski definition) is 2. The van der Waals surface area contributed by atoms with Gasteiger partial charge >= 0.3 is 5.97 Å². The van der Waals surface area contributed by atoms with E-state index in [9.17, 15) is 14.7 Å². The van der Waals surface area contributed by atoms with Gasteiger partial charge in [-0.05, 0) is 43.4 Å². The zero-order valence-electron chi connectivity index (χ0n) is 11.3. The molecule has 1 aromatic rings. The Kier molecular flexibility index (Phi) is 4.69. The fraction of sp³-hybridized carbons (Fsp3) is 0.467. The molecule has 3 unspecified atom stereocenters. The molecule has 1 aliphatic carbocycles. The van der Waals surface area contributed by atoms with Crippen LogP contribution in [0.5, 0.6) is 0 Å². The van der Waals surface area contributed by atoms with Gasteiger partial charge in [0.2, 0.25) is 0 Å². The highest BCUT2D eigenvalue weighted by Gasteiger charge is 2.41. The van der Waals surface area contributed by atoms with Crippen LogP contribution in [0.3, 0.4) is 0 Å². The van der Waals surface area contributed by atoms with E-state index in [4.69, 9.17) is 0 Å². The third-order valence-corrected chi connectivity index (χ3v) is 5.48. The van der Waals surface area contributed by atoms with Crippen LogP contribution in [0.2, 0.25) is 0 Å². The van der Waals surface area contributed by atoms with Gasteiger partial charge in [0.05, 0.1) is 5.92 Å². The second-order valence-corrected chi connectivity index (χ2v) is 7.28. The summed E-state index contributed by atoms with van der Waals surface area (Å²) in [4.78, 5) is 24.0. The van der Waals surface area contributed by atoms with Crippen molar-refractivity contribution in [1.29, 1.82) is 0 Å². The molecular formula is C15H16Br2O3. The molecular weight excluding hydrogens is 388 g/mol. The standard InChI is InChI=1S/C15H16Br2O3/c1-7-3-9(10(4-7)15(19)20)14(18)11-6-12(16)8(2)5-13(11)17/h5-7,9-10H,3-4H2,1-2H3,(H,19,20). The first-order valence-electron chi connectivity index (χ1n) is 6.54. The Bertz CT molecular complexity index is 568. The van der Waals surface area contributed by atoms with E-state index in [-0.39, 0.29) is 11.7 Å². The minimum atomic E-state index is -0.866. The summed E-state index contributed by atoms with van der Waals surface area (Å²) in [6, 6.07) is 3.66. The second-order valence-electron chi connectivity index (χ2n) is 5.57. The van der Waals surface area contributed by atoms with E-state index in [2.05, 4.69) is 31.9 Å². The molecule has 5 heteroatoms. The summed E-state index contributed by atoms with van der Waals surface area (Å²) in [7, 11) is 0. The van der Waals surface area contributed by atoms with E-state index in [0.717, 1.165) is 14.5 Å². The Morgan fingerprint density at radius 3 is 2.35 bits per heavy atom. The van der Waals surface area contributed by atoms with Crippen molar-refractivity contribution in [2.45, 2.75) is 26.7 Å². The molecule has 0 saturated heterocycles. The molecule has 0 aliphatic heterocycles. The minimum absolute atomic E-state index is 0.0747. The van der Waals surface area contributed by atoms with Crippen LogP contribution in [-0.2, 0) is 4.79 Å². The molecule has 1 N–H and O–H groups in total. The van der Waals surface area contributed by atoms with Crippen molar-refractivity contribution in [3.05, 3.63) is 32.2 Å². The van der Waals surface area contributed by atoms with Crippen molar-refractivity contribution >= 4 is 43.6 Å². The molecule has 108 valence electrons. The lowest BCUT2D eigenvalue weighted by molar-refractivity contribution is -0.142. The third-order valence-electron chi connectivity index (χ3n) is 3.97. The smallest absolute Gasteiger partial charge is 0.307 e. The number of aryl methyl sites for hydroxylation is 1. The van der Waals surface area contributed by atoms with E-state index in [0.29, 0.717) is 18.4 Å². The summed E-state index contributed by atoms with van der Waals surface area (Å²) in [5.41, 5.74) is 1.59. The number of halogens is 2. The largest absolute Gasteiger partial charge is 0.481 e. The molecule has 1 aliphatic rings. The van der Waals surface area contributed by atoms with Crippen LogP contribution < -0.4 is 0 Å². The number of carboxylic acid groups (broad SMARTS) is 1. The summed E-state index contributed by atoms with van der Waals surface area (Å²) in [6.07, 6.45) is 1.23. The third kappa shape index (κ3) is 2.98. The van der Waals surface area contributed by atoms with Crippen LogP contribution in [0.4, 0.5) is 0 Å². The average molecular weight is 404 g/mol. The van der Waals surface area contributed by atoms with Crippen LogP contribution in [0.25, 0.3) is 0 Å². The number of carboxylic acids is 1. The number of Topliss-reactive ketones (excluding diaryl/α,β-unsaturated/α-hetero) is 1. The van der Waals surface area contributed by atoms with Gasteiger partial charge in [-0.3, -0.25) is 9.59 Å². The number of carbonyl (C=O) groups excluding carboxylic acids is 1. The van der Waals surface area contributed by atoms with Gasteiger partial charge in [0.1, 0.15) is 0 Å². The molecule has 0 amide bonds. The predicted molar refractivity (Wildman–Crippen MR) is 83.9 cm³/mol. The zero-order valence-corrected chi connectivity index (χ0v) is 14.5. The SMILES string of the molecule is Cc1cc(Br)c(C(=O)C2CC(C)CC2C(=O)O)cc1Br. The maximum Gasteiger partial charge on any atom is 0.307 e. The lowest BCUT2D eigenvalue weighted by Gasteiger charge is -2.16. The van der Waals surface area contributed by atoms with Gasteiger partial charge in [-0.15, -0.1) is 0 Å². The Morgan fingerprint density at radius 1 is 1.15 bits per heavy atom. The zero-order chi connectivity index (χ0) is 15.0. The van der Waals surface area contributed by atoms with Crippen molar-refractivity contribution in [3.63, 3.8) is 0 Å². The summed E-state index contributed by atoms with van der Waals surface area (Å²) < 4.78 is 1.59. The second kappa shape index (κ2) is 5.98. The highest BCUT2D eigenvalue weighted by atomic mass is 79.9. The monoisotopic (exact) mass is 402 g/mol. The fourth-order valence-electron chi connectivity index (χ4n) is 2.89. The maximum atomic E-state index is 12.7. The van der Waals surface area contributed by atoms with Crippen molar-refractivity contribution in [2.75, 3.05) is 0 Å². The Balaban J connectivity index is 2.36. The van der Waals surface area contributed by atoms with Crippen molar-refractivity contribution in [2.24, 2.45) is 17.8 Å². The lowest BCUT2D eigenvalue weighted by atomic mass is 9.88. The van der Waals surface area contributed by atoms with E-state index >= 15 is 0 Å². The molecule has 0 spiro atoms. The molecule has 0 aromatic heterocycles. The quantitative estimate of drug-likeness (QED) is 0.758. The summed E-state index contributed by atoms with van der Waals surface area (Å²) in [5, 5.41) is 9.29. The number of hydrogen-bond donors (Lipinski definition) is 1. The molecule has 1 fully saturated rings. The molecule has 3 atom stereocenters. The van der Waals surface area contributed by atoms with Crippen LogP contribution in [0, 0.1) is 24.7 Å². The number of benzene rings is 1. The number of rotatable bonds is 3. The molecule has 20 heavy (non-hydrogen) atoms. The molecule has 1 saturated carbocycles. The molecule has 3 nitrogen and oxygen atoms in total. The maximum absolute atomic E-state index is 12.7. The highest BCUT2D eigenvalue weighted by Crippen LogP contribution is 2.40. The molecule has 0 bridgehead atoms. The van der Waals surface area contributed by atoms with Crippen molar-refractivity contribution in [3.8, 4) is 0 Å². The van der Waals surface area contributed by atoms with E-state index in [1.165, 1.54) is 0 Å². The first kappa shape index (κ1) is 15.7. The predicted octanol–water partition coefficient (Wildman–Crippen LogP) is 4.45. The summed E-state index contributed by atoms with van der Waals surface area (Å²) in [5.74, 6) is -1.65. The van der Waals surface area contributed by atoms with Gasteiger partial charge in [0, 0.05) is 20.4 Å². The first-order valence-corrected chi connectivity index (χ1v) is 8.12. The van der Waals surface area contributed by atoms with E-state index in [1.54, 1.807) is 6.07 Å². The molecule has 1 aromatic carbocycles. The van der Waals surface area contributed by atoms with Gasteiger partial charge in [-0.2, -0.15) is 0 Å². The number of aliphatic carboxylic acids is 1. The van der Waals surface area contributed by atoms with Crippen LogP contribution >= 0.6 is 31.9 Å². The average Bonchev–Trinajstić information content (AvgIpc) is 2.75. The highest BCUT2D eigenvalue weighted by molar-refractivity contribution is 9.11. The number of ketones is 1. The van der Waals surface area contributed by atoms with Gasteiger partial charge < -0.3 is 5.11 Å². The number of carbonyl (C=O) groups is 2. The van der Waals surface area contributed by atoms with Crippen molar-refractivity contribution < 1.29 is 14.7 Å². The molecule has 0 heterocycles. The summed E-state index contributed by atoms with van der Waals surface area (Å²) in [6.45, 7) is 3.95. The van der Waals surface area contributed by atoms with Gasteiger partial charge in [-0.1, -0.05) is 38.8 Å². The normalized spacial score (nSPS) is 25.7. The van der Waals surface area contributed by atoms with E-state index < -0.39 is 17.8 Å². The van der Waals surface area contributed by atoms with Gasteiger partial charge in [0.25, 0.3) is 0 Å². The van der Waals surface area contributed by atoms with Gasteiger partial charge in [-0.25, -0.2) is 0 Å². The Labute approximate surface area is 135 Å². The Morgan fingerprint density at radius 2 is 1.75 bits per heavy atom. The van der Waals surface area contributed by atoms with Crippen LogP contribution in [-0.4, -0.2) is 16.9 Å². The van der Waals surface area contributed by atoms with Crippen molar-refractivity contribution in [1.82, 2.24) is 0 Å². The van der Waals surface area contributed by atoms with Crippen LogP contribution in [0.1, 0.15) is 35.7 Å². The fourth-order valence-corrected chi connectivity index (χ4v) is 3.89. The molecule has 0 radical (unpaired) electrons. The van der Waals surface area contributed by atoms with E-state index in [1.807, 2.05) is 19.9 Å². The van der Waals surface area contributed by atoms with Crippen LogP contribution in [0.15, 0.2) is 21.1 Å². The topological polar surface area (TPSA) is 54.4 Å². The minimum Gasteiger partial charge on any atom is -0.481 e. The van der Waals surface area contributed by atoms with Gasteiger partial charge in [0.15, 0.2) is 5.78 Å². The summed E-state index contributed by atoms with van der Waals surface area (Å²) >= 11 is 6.84. The first-order chi connectivity index (χ1) is 9.31. The molecule has 2 rings (SSSR count). The lowest BCUT2D eigenvalue weighted by Crippen LogP contribution is -2.25.